The van der Waals surface area contributed by atoms with Crippen molar-refractivity contribution in [3.05, 3.63) is 0 Å². The zero-order chi connectivity index (χ0) is 6.32. The van der Waals surface area contributed by atoms with Gasteiger partial charge in [-0.05, 0) is 6.42 Å². The van der Waals surface area contributed by atoms with Crippen molar-refractivity contribution < 1.29 is 9.84 Å². The van der Waals surface area contributed by atoms with Gasteiger partial charge in [-0.25, -0.2) is 0 Å². The molecule has 2 heterocycles. The van der Waals surface area contributed by atoms with Crippen LogP contribution >= 0.6 is 0 Å². The zero-order valence-corrected chi connectivity index (χ0v) is 5.26. The average Bonchev–Trinajstić information content (AvgIpc) is 2.46. The van der Waals surface area contributed by atoms with Crippen LogP contribution in [0, 0.1) is 0 Å². The third kappa shape index (κ3) is 0.689. The Balaban J connectivity index is 2.13. The van der Waals surface area contributed by atoms with E-state index in [1.54, 1.807) is 0 Å². The summed E-state index contributed by atoms with van der Waals surface area (Å²) in [4.78, 5) is 0. The molecule has 2 N–H and O–H groups in total. The third-order valence-electron chi connectivity index (χ3n) is 2.21. The van der Waals surface area contributed by atoms with Gasteiger partial charge in [-0.3, -0.25) is 0 Å². The van der Waals surface area contributed by atoms with Gasteiger partial charge in [0.05, 0.1) is 13.2 Å². The van der Waals surface area contributed by atoms with Gasteiger partial charge in [-0.1, -0.05) is 0 Å². The van der Waals surface area contributed by atoms with E-state index in [-0.39, 0.29) is 12.2 Å². The van der Waals surface area contributed by atoms with Crippen LogP contribution in [0.3, 0.4) is 0 Å². The molecule has 0 radical (unpaired) electrons. The Kier molecular flexibility index (Phi) is 1.06. The standard InChI is InChI=1S/C6H11NO2/c8-4-6-1-5(2-9-6)7-3-6/h5,7-8H,1-4H2. The number of nitrogens with one attached hydrogen (secondary N) is 1. The van der Waals surface area contributed by atoms with E-state index >= 15 is 0 Å². The summed E-state index contributed by atoms with van der Waals surface area (Å²) in [6, 6.07) is 0.511. The number of hydrogen-bond acceptors (Lipinski definition) is 3. The normalized spacial score (nSPS) is 48.3. The fraction of sp³-hybridized carbons (Fsp3) is 1.00. The molecule has 3 heteroatoms. The second kappa shape index (κ2) is 1.68. The van der Waals surface area contributed by atoms with Gasteiger partial charge in [-0.2, -0.15) is 0 Å². The van der Waals surface area contributed by atoms with Gasteiger partial charge in [-0.15, -0.1) is 0 Å². The first-order valence-corrected chi connectivity index (χ1v) is 3.33. The van der Waals surface area contributed by atoms with Crippen molar-refractivity contribution in [2.24, 2.45) is 0 Å². The maximum Gasteiger partial charge on any atom is 0.105 e. The number of aliphatic hydroxyl groups excluding tert-OH is 1. The van der Waals surface area contributed by atoms with E-state index in [9.17, 15) is 0 Å². The van der Waals surface area contributed by atoms with Crippen LogP contribution in [0.25, 0.3) is 0 Å². The summed E-state index contributed by atoms with van der Waals surface area (Å²) >= 11 is 0. The highest BCUT2D eigenvalue weighted by Gasteiger charge is 2.45. The van der Waals surface area contributed by atoms with Crippen molar-refractivity contribution in [1.29, 1.82) is 0 Å². The zero-order valence-electron chi connectivity index (χ0n) is 5.26. The fourth-order valence-electron chi connectivity index (χ4n) is 1.60. The molecule has 2 rings (SSSR count). The SMILES string of the molecule is OCC12CNC(CO1)C2. The van der Waals surface area contributed by atoms with E-state index in [2.05, 4.69) is 5.32 Å². The maximum atomic E-state index is 8.88. The molecule has 52 valence electrons. The molecule has 2 fully saturated rings. The predicted molar refractivity (Wildman–Crippen MR) is 32.2 cm³/mol. The molecular formula is C6H11NO2. The lowest BCUT2D eigenvalue weighted by molar-refractivity contribution is -0.0432. The first-order valence-electron chi connectivity index (χ1n) is 3.33. The van der Waals surface area contributed by atoms with E-state index in [0.29, 0.717) is 6.04 Å². The Hall–Kier alpha value is -0.120. The van der Waals surface area contributed by atoms with Crippen molar-refractivity contribution in [2.75, 3.05) is 19.8 Å². The number of hydrogen-bond donors (Lipinski definition) is 2. The summed E-state index contributed by atoms with van der Waals surface area (Å²) in [6.45, 7) is 1.77. The van der Waals surface area contributed by atoms with E-state index in [0.717, 1.165) is 19.6 Å². The number of ether oxygens (including phenoxy) is 1. The van der Waals surface area contributed by atoms with Gasteiger partial charge in [0.2, 0.25) is 0 Å². The highest BCUT2D eigenvalue weighted by atomic mass is 16.5. The lowest BCUT2D eigenvalue weighted by Crippen LogP contribution is -2.41. The summed E-state index contributed by atoms with van der Waals surface area (Å²) < 4.78 is 5.38. The minimum atomic E-state index is -0.204. The van der Waals surface area contributed by atoms with E-state index < -0.39 is 0 Å². The maximum absolute atomic E-state index is 8.88. The highest BCUT2D eigenvalue weighted by molar-refractivity contribution is 5.00. The second-order valence-corrected chi connectivity index (χ2v) is 2.93. The molecule has 9 heavy (non-hydrogen) atoms. The van der Waals surface area contributed by atoms with Crippen LogP contribution in [0.15, 0.2) is 0 Å². The number of aliphatic hydroxyl groups is 1. The molecule has 2 atom stereocenters. The largest absolute Gasteiger partial charge is 0.393 e. The van der Waals surface area contributed by atoms with Gasteiger partial charge in [0, 0.05) is 12.6 Å². The minimum Gasteiger partial charge on any atom is -0.393 e. The summed E-state index contributed by atoms with van der Waals surface area (Å²) in [7, 11) is 0. The fourth-order valence-corrected chi connectivity index (χ4v) is 1.60. The van der Waals surface area contributed by atoms with Crippen LogP contribution in [0.4, 0.5) is 0 Å². The average molecular weight is 129 g/mol. The summed E-state index contributed by atoms with van der Waals surface area (Å²) in [5.74, 6) is 0. The van der Waals surface area contributed by atoms with Crippen LogP contribution in [-0.2, 0) is 4.74 Å². The number of rotatable bonds is 1. The molecule has 2 bridgehead atoms. The van der Waals surface area contributed by atoms with Gasteiger partial charge in [0.15, 0.2) is 0 Å². The lowest BCUT2D eigenvalue weighted by Gasteiger charge is -2.23. The molecular weight excluding hydrogens is 118 g/mol. The van der Waals surface area contributed by atoms with E-state index in [4.69, 9.17) is 9.84 Å². The first kappa shape index (κ1) is 5.65. The Labute approximate surface area is 54.0 Å². The molecule has 2 aliphatic rings. The summed E-state index contributed by atoms with van der Waals surface area (Å²) in [5, 5.41) is 12.1. The topological polar surface area (TPSA) is 41.5 Å². The van der Waals surface area contributed by atoms with Gasteiger partial charge in [0.1, 0.15) is 5.60 Å². The number of morpholine rings is 1. The molecule has 0 aliphatic carbocycles. The number of fused-ring (bicyclic) bond motifs is 2. The molecule has 0 aromatic rings. The van der Waals surface area contributed by atoms with Crippen molar-refractivity contribution in [3.63, 3.8) is 0 Å². The Bertz CT molecular complexity index is 118. The van der Waals surface area contributed by atoms with Crippen LogP contribution in [0.2, 0.25) is 0 Å². The van der Waals surface area contributed by atoms with Gasteiger partial charge >= 0.3 is 0 Å². The van der Waals surface area contributed by atoms with Crippen molar-refractivity contribution in [1.82, 2.24) is 5.32 Å². The summed E-state index contributed by atoms with van der Waals surface area (Å²) in [6.07, 6.45) is 0.990. The molecule has 0 amide bonds. The van der Waals surface area contributed by atoms with Crippen molar-refractivity contribution >= 4 is 0 Å². The second-order valence-electron chi connectivity index (χ2n) is 2.93. The quantitative estimate of drug-likeness (QED) is 0.482. The van der Waals surface area contributed by atoms with Crippen molar-refractivity contribution in [2.45, 2.75) is 18.1 Å². The summed E-state index contributed by atoms with van der Waals surface area (Å²) in [5.41, 5.74) is -0.204. The highest BCUT2D eigenvalue weighted by Crippen LogP contribution is 2.30. The predicted octanol–water partition coefficient (Wildman–Crippen LogP) is -0.890. The Morgan fingerprint density at radius 2 is 2.67 bits per heavy atom. The Morgan fingerprint density at radius 3 is 2.89 bits per heavy atom. The Morgan fingerprint density at radius 1 is 1.78 bits per heavy atom. The minimum absolute atomic E-state index is 0.163. The first-order chi connectivity index (χ1) is 4.35. The molecule has 0 aromatic carbocycles. The smallest absolute Gasteiger partial charge is 0.105 e. The monoisotopic (exact) mass is 129 g/mol. The van der Waals surface area contributed by atoms with Crippen LogP contribution in [-0.4, -0.2) is 36.5 Å². The molecule has 0 aromatic heterocycles. The molecule has 2 saturated heterocycles. The van der Waals surface area contributed by atoms with E-state index in [1.165, 1.54) is 0 Å². The molecule has 2 aliphatic heterocycles. The van der Waals surface area contributed by atoms with Gasteiger partial charge < -0.3 is 15.2 Å². The molecule has 2 unspecified atom stereocenters. The van der Waals surface area contributed by atoms with E-state index in [1.807, 2.05) is 0 Å². The lowest BCUT2D eigenvalue weighted by atomic mass is 10.1. The molecule has 3 nitrogen and oxygen atoms in total. The van der Waals surface area contributed by atoms with Crippen LogP contribution in [0.1, 0.15) is 6.42 Å². The molecule has 0 spiro atoms. The molecule has 0 saturated carbocycles. The van der Waals surface area contributed by atoms with Gasteiger partial charge in [0.25, 0.3) is 0 Å². The van der Waals surface area contributed by atoms with Crippen LogP contribution in [0.5, 0.6) is 0 Å². The van der Waals surface area contributed by atoms with Crippen LogP contribution < -0.4 is 5.32 Å². The van der Waals surface area contributed by atoms with Crippen molar-refractivity contribution in [3.8, 4) is 0 Å². The third-order valence-corrected chi connectivity index (χ3v) is 2.21.